The minimum atomic E-state index is -0.325. The average molecular weight is 326 g/mol. The monoisotopic (exact) mass is 325 g/mol. The molecule has 0 bridgehead atoms. The topological polar surface area (TPSA) is 35.2 Å². The van der Waals surface area contributed by atoms with Crippen LogP contribution < -0.4 is 10.5 Å². The summed E-state index contributed by atoms with van der Waals surface area (Å²) >= 11 is 12.5. The summed E-state index contributed by atoms with van der Waals surface area (Å²) in [7, 11) is 0. The summed E-state index contributed by atoms with van der Waals surface area (Å²) in [6.45, 7) is 0.423. The number of ether oxygens (including phenoxy) is 1. The van der Waals surface area contributed by atoms with Crippen LogP contribution in [0.4, 0.5) is 4.39 Å². The minimum Gasteiger partial charge on any atom is -0.488 e. The molecule has 5 heteroatoms. The van der Waals surface area contributed by atoms with E-state index in [2.05, 4.69) is 0 Å². The van der Waals surface area contributed by atoms with Crippen molar-refractivity contribution in [1.82, 2.24) is 0 Å². The molecular formula is C16H14Cl2FNO. The molecule has 0 aromatic heterocycles. The number of hydrogen-bond acceptors (Lipinski definition) is 2. The van der Waals surface area contributed by atoms with Crippen LogP contribution in [0.3, 0.4) is 0 Å². The lowest BCUT2D eigenvalue weighted by atomic mass is 9.95. The Labute approximate surface area is 132 Å². The Hall–Kier alpha value is -1.29. The summed E-state index contributed by atoms with van der Waals surface area (Å²) < 4.78 is 19.8. The molecule has 2 aromatic carbocycles. The molecule has 2 N–H and O–H groups in total. The van der Waals surface area contributed by atoms with E-state index in [-0.39, 0.29) is 11.9 Å². The van der Waals surface area contributed by atoms with Crippen molar-refractivity contribution in [1.29, 1.82) is 0 Å². The highest BCUT2D eigenvalue weighted by Gasteiger charge is 2.25. The van der Waals surface area contributed by atoms with E-state index in [0.29, 0.717) is 33.5 Å². The molecule has 0 unspecified atom stereocenters. The Balaban J connectivity index is 2.21. The van der Waals surface area contributed by atoms with Crippen LogP contribution in [0.1, 0.15) is 12.0 Å². The first-order chi connectivity index (χ1) is 10.1. The van der Waals surface area contributed by atoms with Crippen molar-refractivity contribution < 1.29 is 9.13 Å². The number of halogens is 3. The standard InChI is InChI=1S/C16H14Cl2FNO/c17-13-2-1-3-14(18)15(13)12-7-10(19)6-9-4-5-11(8-20)21-16(9)12/h1-3,6-7,11H,4-5,8,20H2/t11-/m1/s1. The highest BCUT2D eigenvalue weighted by atomic mass is 35.5. The van der Waals surface area contributed by atoms with Crippen LogP contribution in [0, 0.1) is 5.82 Å². The van der Waals surface area contributed by atoms with Gasteiger partial charge in [0, 0.05) is 17.7 Å². The van der Waals surface area contributed by atoms with Gasteiger partial charge in [-0.05, 0) is 42.7 Å². The van der Waals surface area contributed by atoms with Gasteiger partial charge in [0.1, 0.15) is 17.7 Å². The van der Waals surface area contributed by atoms with Gasteiger partial charge in [-0.3, -0.25) is 0 Å². The van der Waals surface area contributed by atoms with Gasteiger partial charge in [-0.15, -0.1) is 0 Å². The zero-order chi connectivity index (χ0) is 15.0. The number of fused-ring (bicyclic) bond motifs is 1. The van der Waals surface area contributed by atoms with Crippen LogP contribution in [-0.2, 0) is 6.42 Å². The fourth-order valence-corrected chi connectivity index (χ4v) is 3.22. The second-order valence-corrected chi connectivity index (χ2v) is 5.87. The molecule has 3 rings (SSSR count). The summed E-state index contributed by atoms with van der Waals surface area (Å²) in [5.41, 5.74) is 7.69. The number of benzene rings is 2. The molecule has 2 nitrogen and oxygen atoms in total. The zero-order valence-electron chi connectivity index (χ0n) is 11.2. The molecule has 0 amide bonds. The number of nitrogens with two attached hydrogens (primary N) is 1. The molecule has 110 valence electrons. The van der Waals surface area contributed by atoms with E-state index in [4.69, 9.17) is 33.7 Å². The lowest BCUT2D eigenvalue weighted by molar-refractivity contribution is 0.182. The third-order valence-electron chi connectivity index (χ3n) is 3.65. The molecule has 1 heterocycles. The maximum absolute atomic E-state index is 13.9. The smallest absolute Gasteiger partial charge is 0.131 e. The van der Waals surface area contributed by atoms with Crippen LogP contribution in [0.2, 0.25) is 10.0 Å². The molecule has 0 aliphatic carbocycles. The van der Waals surface area contributed by atoms with Gasteiger partial charge in [-0.2, -0.15) is 0 Å². The van der Waals surface area contributed by atoms with Crippen molar-refractivity contribution in [2.75, 3.05) is 6.54 Å². The van der Waals surface area contributed by atoms with Gasteiger partial charge < -0.3 is 10.5 Å². The fourth-order valence-electron chi connectivity index (χ4n) is 2.62. The molecule has 0 fully saturated rings. The first-order valence-corrected chi connectivity index (χ1v) is 7.49. The van der Waals surface area contributed by atoms with E-state index in [9.17, 15) is 4.39 Å². The molecule has 1 aliphatic heterocycles. The predicted octanol–water partition coefficient (Wildman–Crippen LogP) is 4.45. The van der Waals surface area contributed by atoms with Crippen molar-refractivity contribution in [3.63, 3.8) is 0 Å². The van der Waals surface area contributed by atoms with Gasteiger partial charge in [0.05, 0.1) is 10.0 Å². The van der Waals surface area contributed by atoms with Crippen LogP contribution in [0.15, 0.2) is 30.3 Å². The molecule has 1 aliphatic rings. The van der Waals surface area contributed by atoms with Gasteiger partial charge in [0.15, 0.2) is 0 Å². The number of rotatable bonds is 2. The summed E-state index contributed by atoms with van der Waals surface area (Å²) in [4.78, 5) is 0. The van der Waals surface area contributed by atoms with Crippen LogP contribution >= 0.6 is 23.2 Å². The van der Waals surface area contributed by atoms with Crippen molar-refractivity contribution in [3.8, 4) is 16.9 Å². The van der Waals surface area contributed by atoms with Gasteiger partial charge in [0.25, 0.3) is 0 Å². The zero-order valence-corrected chi connectivity index (χ0v) is 12.7. The Morgan fingerprint density at radius 2 is 1.95 bits per heavy atom. The van der Waals surface area contributed by atoms with E-state index in [1.165, 1.54) is 12.1 Å². The summed E-state index contributed by atoms with van der Waals surface area (Å²) in [5.74, 6) is 0.308. The van der Waals surface area contributed by atoms with E-state index in [0.717, 1.165) is 18.4 Å². The summed E-state index contributed by atoms with van der Waals surface area (Å²) in [5, 5.41) is 0.933. The maximum atomic E-state index is 13.9. The Morgan fingerprint density at radius 1 is 1.24 bits per heavy atom. The largest absolute Gasteiger partial charge is 0.488 e. The van der Waals surface area contributed by atoms with Crippen molar-refractivity contribution >= 4 is 23.2 Å². The maximum Gasteiger partial charge on any atom is 0.131 e. The molecule has 2 aromatic rings. The van der Waals surface area contributed by atoms with Crippen molar-refractivity contribution in [2.24, 2.45) is 5.73 Å². The van der Waals surface area contributed by atoms with Crippen molar-refractivity contribution in [2.45, 2.75) is 18.9 Å². The normalized spacial score (nSPS) is 17.2. The van der Waals surface area contributed by atoms with Gasteiger partial charge in [-0.1, -0.05) is 29.3 Å². The lowest BCUT2D eigenvalue weighted by Crippen LogP contribution is -2.30. The molecule has 0 saturated carbocycles. The van der Waals surface area contributed by atoms with Gasteiger partial charge in [-0.25, -0.2) is 4.39 Å². The molecule has 1 atom stereocenters. The Bertz CT molecular complexity index is 670. The third kappa shape index (κ3) is 2.73. The predicted molar refractivity (Wildman–Crippen MR) is 83.6 cm³/mol. The van der Waals surface area contributed by atoms with E-state index >= 15 is 0 Å². The van der Waals surface area contributed by atoms with E-state index in [1.807, 2.05) is 0 Å². The van der Waals surface area contributed by atoms with Crippen LogP contribution in [0.25, 0.3) is 11.1 Å². The molecule has 0 spiro atoms. The van der Waals surface area contributed by atoms with Gasteiger partial charge >= 0.3 is 0 Å². The highest BCUT2D eigenvalue weighted by Crippen LogP contribution is 2.43. The van der Waals surface area contributed by atoms with E-state index in [1.54, 1.807) is 18.2 Å². The lowest BCUT2D eigenvalue weighted by Gasteiger charge is -2.27. The van der Waals surface area contributed by atoms with Crippen LogP contribution in [0.5, 0.6) is 5.75 Å². The summed E-state index contributed by atoms with van der Waals surface area (Å²) in [6.07, 6.45) is 1.44. The summed E-state index contributed by atoms with van der Waals surface area (Å²) in [6, 6.07) is 8.11. The first-order valence-electron chi connectivity index (χ1n) is 6.73. The molecule has 21 heavy (non-hydrogen) atoms. The third-order valence-corrected chi connectivity index (χ3v) is 4.28. The second-order valence-electron chi connectivity index (χ2n) is 5.05. The average Bonchev–Trinajstić information content (AvgIpc) is 2.46. The van der Waals surface area contributed by atoms with Gasteiger partial charge in [0.2, 0.25) is 0 Å². The van der Waals surface area contributed by atoms with Crippen LogP contribution in [-0.4, -0.2) is 12.6 Å². The molecule has 0 radical (unpaired) electrons. The SMILES string of the molecule is NC[C@H]1CCc2cc(F)cc(-c3c(Cl)cccc3Cl)c2O1. The molecule has 0 saturated heterocycles. The first kappa shape index (κ1) is 14.6. The number of aryl methyl sites for hydroxylation is 1. The van der Waals surface area contributed by atoms with E-state index < -0.39 is 0 Å². The highest BCUT2D eigenvalue weighted by molar-refractivity contribution is 6.39. The Kier molecular flexibility index (Phi) is 4.07. The second kappa shape index (κ2) is 5.84. The minimum absolute atomic E-state index is 0.0667. The quantitative estimate of drug-likeness (QED) is 0.885. The fraction of sp³-hybridized carbons (Fsp3) is 0.250. The van der Waals surface area contributed by atoms with Crippen molar-refractivity contribution in [3.05, 3.63) is 51.8 Å². The molecular weight excluding hydrogens is 312 g/mol. The number of hydrogen-bond donors (Lipinski definition) is 1. The Morgan fingerprint density at radius 3 is 2.62 bits per heavy atom.